The van der Waals surface area contributed by atoms with Crippen molar-refractivity contribution in [2.75, 3.05) is 5.32 Å². The Balaban J connectivity index is 1.44. The van der Waals surface area contributed by atoms with E-state index in [2.05, 4.69) is 19.2 Å². The van der Waals surface area contributed by atoms with E-state index < -0.39 is 29.8 Å². The molecule has 1 N–H and O–H groups in total. The van der Waals surface area contributed by atoms with Crippen LogP contribution in [0.25, 0.3) is 0 Å². The number of hydrogen-bond acceptors (Lipinski definition) is 6. The maximum absolute atomic E-state index is 12.8. The lowest BCUT2D eigenvalue weighted by Crippen LogP contribution is -2.30. The van der Waals surface area contributed by atoms with Crippen molar-refractivity contribution in [3.8, 4) is 0 Å². The van der Waals surface area contributed by atoms with Crippen molar-refractivity contribution in [2.45, 2.75) is 45.8 Å². The second-order valence-corrected chi connectivity index (χ2v) is 8.47. The van der Waals surface area contributed by atoms with E-state index in [0.29, 0.717) is 11.4 Å². The average Bonchev–Trinajstić information content (AvgIpc) is 3.46. The molecule has 0 fully saturated rings. The van der Waals surface area contributed by atoms with Crippen molar-refractivity contribution in [1.29, 1.82) is 0 Å². The summed E-state index contributed by atoms with van der Waals surface area (Å²) in [6, 6.07) is 15.0. The number of rotatable bonds is 8. The van der Waals surface area contributed by atoms with Crippen LogP contribution in [0, 0.1) is 0 Å². The van der Waals surface area contributed by atoms with Gasteiger partial charge in [-0.25, -0.2) is 4.79 Å². The molecule has 1 aliphatic heterocycles. The summed E-state index contributed by atoms with van der Waals surface area (Å²) in [5, 5.41) is 2.83. The lowest BCUT2D eigenvalue weighted by atomic mass is 9.97. The summed E-state index contributed by atoms with van der Waals surface area (Å²) >= 11 is 0. The number of nitrogens with one attached hydrogen (secondary N) is 1. The molecular weight excluding hydrogens is 448 g/mol. The fourth-order valence-corrected chi connectivity index (χ4v) is 3.90. The minimum atomic E-state index is -1.08. The first-order valence-electron chi connectivity index (χ1n) is 11.4. The van der Waals surface area contributed by atoms with Crippen molar-refractivity contribution in [1.82, 2.24) is 4.90 Å². The molecule has 2 atom stereocenters. The van der Waals surface area contributed by atoms with Crippen LogP contribution in [0.1, 0.15) is 75.5 Å². The van der Waals surface area contributed by atoms with E-state index in [-0.39, 0.29) is 29.2 Å². The number of carbonyl (C=O) groups is 4. The van der Waals surface area contributed by atoms with Gasteiger partial charge >= 0.3 is 5.97 Å². The largest absolute Gasteiger partial charge is 0.467 e. The normalized spacial score (nSPS) is 14.4. The second kappa shape index (κ2) is 9.97. The van der Waals surface area contributed by atoms with Gasteiger partial charge in [-0.15, -0.1) is 0 Å². The highest BCUT2D eigenvalue weighted by atomic mass is 16.5. The Bertz CT molecular complexity index is 1280. The van der Waals surface area contributed by atoms with Crippen molar-refractivity contribution in [3.63, 3.8) is 0 Å². The minimum absolute atomic E-state index is 0.00550. The highest BCUT2D eigenvalue weighted by molar-refractivity contribution is 6.21. The van der Waals surface area contributed by atoms with Crippen LogP contribution >= 0.6 is 0 Å². The highest BCUT2D eigenvalue weighted by Gasteiger charge is 2.36. The number of ether oxygens (including phenoxy) is 1. The van der Waals surface area contributed by atoms with E-state index in [4.69, 9.17) is 9.15 Å². The number of benzene rings is 2. The number of para-hydroxylation sites is 1. The van der Waals surface area contributed by atoms with Gasteiger partial charge in [0.25, 0.3) is 17.7 Å². The molecule has 3 amide bonds. The molecule has 0 saturated heterocycles. The van der Waals surface area contributed by atoms with Gasteiger partial charge in [0.05, 0.1) is 29.5 Å². The highest BCUT2D eigenvalue weighted by Crippen LogP contribution is 2.28. The van der Waals surface area contributed by atoms with Crippen LogP contribution in [0.5, 0.6) is 0 Å². The third-order valence-electron chi connectivity index (χ3n) is 6.12. The maximum atomic E-state index is 12.8. The van der Waals surface area contributed by atoms with E-state index in [9.17, 15) is 19.2 Å². The van der Waals surface area contributed by atoms with Gasteiger partial charge < -0.3 is 14.5 Å². The maximum Gasteiger partial charge on any atom is 0.338 e. The van der Waals surface area contributed by atoms with Gasteiger partial charge in [0.2, 0.25) is 0 Å². The molecule has 2 unspecified atom stereocenters. The van der Waals surface area contributed by atoms with Crippen LogP contribution in [-0.2, 0) is 16.1 Å². The third-order valence-corrected chi connectivity index (χ3v) is 6.12. The Kier molecular flexibility index (Phi) is 6.82. The number of nitrogens with zero attached hydrogens (tertiary/aromatic N) is 1. The van der Waals surface area contributed by atoms with Gasteiger partial charge in [0.1, 0.15) is 5.76 Å². The predicted octanol–water partition coefficient (Wildman–Crippen LogP) is 4.77. The van der Waals surface area contributed by atoms with Crippen LogP contribution in [0.15, 0.2) is 65.3 Å². The third kappa shape index (κ3) is 4.87. The summed E-state index contributed by atoms with van der Waals surface area (Å²) in [6.07, 6.45) is 1.30. The standard InChI is InChI=1S/C27H26N2O6/c1-4-16(2)20-9-5-6-10-23(20)28-24(30)17(3)35-27(33)18-11-12-21-22(14-18)26(32)29(25(21)31)15-19-8-7-13-34-19/h5-14,16-17H,4,15H2,1-3H3,(H,28,30). The molecule has 8 heteroatoms. The zero-order chi connectivity index (χ0) is 25.1. The first-order valence-corrected chi connectivity index (χ1v) is 11.4. The molecule has 0 bridgehead atoms. The Morgan fingerprint density at radius 3 is 2.46 bits per heavy atom. The zero-order valence-corrected chi connectivity index (χ0v) is 19.7. The van der Waals surface area contributed by atoms with Gasteiger partial charge in [0, 0.05) is 5.69 Å². The molecule has 1 aromatic heterocycles. The Hall–Kier alpha value is -4.20. The summed E-state index contributed by atoms with van der Waals surface area (Å²) in [5.74, 6) is -1.50. The quantitative estimate of drug-likeness (QED) is 0.372. The predicted molar refractivity (Wildman–Crippen MR) is 128 cm³/mol. The van der Waals surface area contributed by atoms with Crippen LogP contribution in [0.2, 0.25) is 0 Å². The van der Waals surface area contributed by atoms with Gasteiger partial charge in [-0.1, -0.05) is 32.0 Å². The molecule has 1 aliphatic rings. The summed E-state index contributed by atoms with van der Waals surface area (Å²) in [5.41, 5.74) is 2.06. The van der Waals surface area contributed by atoms with Crippen LogP contribution in [-0.4, -0.2) is 34.7 Å². The monoisotopic (exact) mass is 474 g/mol. The molecule has 4 rings (SSSR count). The topological polar surface area (TPSA) is 106 Å². The molecule has 0 saturated carbocycles. The first kappa shape index (κ1) is 23.9. The molecule has 0 radical (unpaired) electrons. The molecule has 0 aliphatic carbocycles. The SMILES string of the molecule is CCC(C)c1ccccc1NC(=O)C(C)OC(=O)c1ccc2c(c1)C(=O)N(Cc1ccco1)C2=O. The zero-order valence-electron chi connectivity index (χ0n) is 19.7. The molecule has 2 aromatic carbocycles. The number of amides is 3. The molecule has 3 aromatic rings. The molecular formula is C27H26N2O6. The van der Waals surface area contributed by atoms with Gasteiger partial charge in [-0.2, -0.15) is 0 Å². The van der Waals surface area contributed by atoms with Crippen molar-refractivity contribution in [3.05, 3.63) is 88.9 Å². The van der Waals surface area contributed by atoms with Gasteiger partial charge in [0.15, 0.2) is 6.10 Å². The van der Waals surface area contributed by atoms with E-state index in [0.717, 1.165) is 16.9 Å². The first-order chi connectivity index (χ1) is 16.8. The van der Waals surface area contributed by atoms with Crippen molar-refractivity contribution in [2.24, 2.45) is 0 Å². The number of furan rings is 1. The van der Waals surface area contributed by atoms with Gasteiger partial charge in [-0.05, 0) is 61.2 Å². The number of esters is 1. The van der Waals surface area contributed by atoms with E-state index >= 15 is 0 Å². The van der Waals surface area contributed by atoms with Crippen LogP contribution in [0.4, 0.5) is 5.69 Å². The van der Waals surface area contributed by atoms with Gasteiger partial charge in [-0.3, -0.25) is 19.3 Å². The van der Waals surface area contributed by atoms with E-state index in [1.54, 1.807) is 12.1 Å². The summed E-state index contributed by atoms with van der Waals surface area (Å²) < 4.78 is 10.6. The fraction of sp³-hybridized carbons (Fsp3) is 0.259. The second-order valence-electron chi connectivity index (χ2n) is 8.47. The number of imide groups is 1. The van der Waals surface area contributed by atoms with Crippen molar-refractivity contribution >= 4 is 29.4 Å². The minimum Gasteiger partial charge on any atom is -0.467 e. The Morgan fingerprint density at radius 2 is 1.74 bits per heavy atom. The smallest absolute Gasteiger partial charge is 0.338 e. The Labute approximate surface area is 202 Å². The summed E-state index contributed by atoms with van der Waals surface area (Å²) in [7, 11) is 0. The lowest BCUT2D eigenvalue weighted by molar-refractivity contribution is -0.123. The molecule has 2 heterocycles. The number of anilines is 1. The molecule has 180 valence electrons. The molecule has 35 heavy (non-hydrogen) atoms. The van der Waals surface area contributed by atoms with Crippen molar-refractivity contribution < 1.29 is 28.3 Å². The number of carbonyl (C=O) groups excluding carboxylic acids is 4. The lowest BCUT2D eigenvalue weighted by Gasteiger charge is -2.18. The molecule has 8 nitrogen and oxygen atoms in total. The number of fused-ring (bicyclic) bond motifs is 1. The average molecular weight is 475 g/mol. The fourth-order valence-electron chi connectivity index (χ4n) is 3.90. The van der Waals surface area contributed by atoms with E-state index in [1.807, 2.05) is 24.3 Å². The van der Waals surface area contributed by atoms with Crippen LogP contribution < -0.4 is 5.32 Å². The number of hydrogen-bond donors (Lipinski definition) is 1. The summed E-state index contributed by atoms with van der Waals surface area (Å²) in [6.45, 7) is 5.61. The van der Waals surface area contributed by atoms with Crippen LogP contribution in [0.3, 0.4) is 0 Å². The summed E-state index contributed by atoms with van der Waals surface area (Å²) in [4.78, 5) is 52.0. The molecule has 0 spiro atoms. The Morgan fingerprint density at radius 1 is 1.00 bits per heavy atom. The van der Waals surface area contributed by atoms with E-state index in [1.165, 1.54) is 31.4 Å².